The van der Waals surface area contributed by atoms with E-state index in [2.05, 4.69) is 10.5 Å². The molecule has 2 aromatic rings. The number of hydrogen-bond acceptors (Lipinski definition) is 5. The molecule has 130 valence electrons. The highest BCUT2D eigenvalue weighted by atomic mass is 79.9. The van der Waals surface area contributed by atoms with Crippen molar-refractivity contribution < 1.29 is 35.9 Å². The zero-order chi connectivity index (χ0) is 16.9. The van der Waals surface area contributed by atoms with E-state index in [1.54, 1.807) is 31.4 Å². The van der Waals surface area contributed by atoms with E-state index >= 15 is 0 Å². The minimum atomic E-state index is -0.144. The summed E-state index contributed by atoms with van der Waals surface area (Å²) < 4.78 is 6.90. The third-order valence-corrected chi connectivity index (χ3v) is 4.36. The number of pyridine rings is 1. The van der Waals surface area contributed by atoms with E-state index in [1.807, 2.05) is 29.1 Å². The summed E-state index contributed by atoms with van der Waals surface area (Å²) in [5, 5.41) is 3.90. The molecule has 0 unspecified atom stereocenters. The second kappa shape index (κ2) is 8.77. The highest BCUT2D eigenvalue weighted by molar-refractivity contribution is 8.14. The number of methoxy groups -OCH3 is 1. The molecule has 1 aromatic carbocycles. The fraction of sp³-hybridized carbons (Fsp3) is 0.176. The molecule has 0 atom stereocenters. The van der Waals surface area contributed by atoms with Crippen LogP contribution in [0.1, 0.15) is 15.9 Å². The zero-order valence-electron chi connectivity index (χ0n) is 13.4. The lowest BCUT2D eigenvalue weighted by Gasteiger charge is -2.10. The minimum Gasteiger partial charge on any atom is -1.00 e. The molecule has 0 aliphatic carbocycles. The molecule has 0 spiro atoms. The third-order valence-electron chi connectivity index (χ3n) is 3.58. The van der Waals surface area contributed by atoms with Crippen molar-refractivity contribution >= 4 is 28.5 Å². The Kier molecular flexibility index (Phi) is 6.72. The van der Waals surface area contributed by atoms with Gasteiger partial charge in [0.1, 0.15) is 5.75 Å². The van der Waals surface area contributed by atoms with E-state index in [0.29, 0.717) is 11.3 Å². The monoisotopic (exact) mass is 421 g/mol. The fourth-order valence-electron chi connectivity index (χ4n) is 2.25. The van der Waals surface area contributed by atoms with Gasteiger partial charge in [0.15, 0.2) is 12.4 Å². The maximum absolute atomic E-state index is 12.3. The third kappa shape index (κ3) is 4.90. The average molecular weight is 422 g/mol. The first-order chi connectivity index (χ1) is 11.7. The standard InChI is InChI=1S/C17H15N3O3S.BrH/c1-23-14-4-2-13(3-5-14)16(21)10-20-8-6-12(7-9-20)15-11-24-17(22)19-18-15;/h2-9H,10-11H2,1H3;1H. The number of halogens is 1. The number of carbonyl (C=O) groups is 2. The molecule has 1 amide bonds. The van der Waals surface area contributed by atoms with Crippen molar-refractivity contribution in [2.24, 2.45) is 5.10 Å². The second-order valence-corrected chi connectivity index (χ2v) is 6.11. The number of nitrogens with zero attached hydrogens (tertiary/aromatic N) is 2. The van der Waals surface area contributed by atoms with E-state index in [1.165, 1.54) is 11.8 Å². The lowest BCUT2D eigenvalue weighted by atomic mass is 10.1. The molecule has 1 aromatic heterocycles. The maximum atomic E-state index is 12.3. The second-order valence-electron chi connectivity index (χ2n) is 5.16. The number of benzene rings is 1. The van der Waals surface area contributed by atoms with Gasteiger partial charge in [-0.05, 0) is 24.3 Å². The van der Waals surface area contributed by atoms with Crippen molar-refractivity contribution in [3.63, 3.8) is 0 Å². The Bertz CT molecular complexity index is 792. The van der Waals surface area contributed by atoms with Crippen molar-refractivity contribution in [2.75, 3.05) is 12.9 Å². The van der Waals surface area contributed by atoms with Crippen molar-refractivity contribution in [1.82, 2.24) is 5.43 Å². The number of rotatable bonds is 5. The topological polar surface area (TPSA) is 71.6 Å². The molecule has 25 heavy (non-hydrogen) atoms. The number of carbonyl (C=O) groups excluding carboxylic acids is 2. The van der Waals surface area contributed by atoms with Gasteiger partial charge in [0.05, 0.1) is 12.8 Å². The van der Waals surface area contributed by atoms with Crippen LogP contribution in [0.4, 0.5) is 4.79 Å². The number of ether oxygens (including phenoxy) is 1. The van der Waals surface area contributed by atoms with Crippen LogP contribution in [0, 0.1) is 0 Å². The first-order valence-electron chi connectivity index (χ1n) is 7.32. The van der Waals surface area contributed by atoms with Gasteiger partial charge in [-0.25, -0.2) is 5.43 Å². The highest BCUT2D eigenvalue weighted by Gasteiger charge is 2.16. The van der Waals surface area contributed by atoms with Crippen molar-refractivity contribution in [1.29, 1.82) is 0 Å². The van der Waals surface area contributed by atoms with Crippen LogP contribution in [0.2, 0.25) is 0 Å². The number of aromatic nitrogens is 1. The van der Waals surface area contributed by atoms with Crippen LogP contribution in [0.3, 0.4) is 0 Å². The molecule has 1 aliphatic rings. The summed E-state index contributed by atoms with van der Waals surface area (Å²) in [5.74, 6) is 1.29. The molecule has 1 aliphatic heterocycles. The van der Waals surface area contributed by atoms with Crippen LogP contribution in [-0.4, -0.2) is 29.6 Å². The molecule has 1 N–H and O–H groups in total. The quantitative estimate of drug-likeness (QED) is 0.498. The molecule has 0 saturated heterocycles. The molecule has 0 saturated carbocycles. The minimum absolute atomic E-state index is 0. The van der Waals surface area contributed by atoms with Gasteiger partial charge in [-0.3, -0.25) is 9.59 Å². The van der Waals surface area contributed by atoms with Crippen LogP contribution < -0.4 is 31.7 Å². The number of hydrogen-bond donors (Lipinski definition) is 1. The van der Waals surface area contributed by atoms with Crippen LogP contribution >= 0.6 is 11.8 Å². The van der Waals surface area contributed by atoms with E-state index in [4.69, 9.17) is 4.74 Å². The van der Waals surface area contributed by atoms with Crippen molar-refractivity contribution in [3.05, 3.63) is 59.9 Å². The van der Waals surface area contributed by atoms with E-state index < -0.39 is 0 Å². The molecular formula is C17H16BrN3O3S. The van der Waals surface area contributed by atoms with Crippen molar-refractivity contribution in [2.45, 2.75) is 6.54 Å². The molecule has 0 fully saturated rings. The normalized spacial score (nSPS) is 13.3. The van der Waals surface area contributed by atoms with Crippen LogP contribution in [0.15, 0.2) is 53.9 Å². The summed E-state index contributed by atoms with van der Waals surface area (Å²) in [4.78, 5) is 23.4. The molecule has 3 rings (SSSR count). The first-order valence-corrected chi connectivity index (χ1v) is 8.30. The average Bonchev–Trinajstić information content (AvgIpc) is 2.63. The Balaban J connectivity index is 0.00000225. The van der Waals surface area contributed by atoms with Crippen LogP contribution in [-0.2, 0) is 6.54 Å². The molecule has 8 heteroatoms. The molecule has 2 heterocycles. The number of nitrogens with one attached hydrogen (secondary N) is 1. The summed E-state index contributed by atoms with van der Waals surface area (Å²) in [6.07, 6.45) is 3.67. The number of Topliss-reactive ketones (excluding diaryl/α,β-unsaturated/α-hetero) is 1. The number of hydrazone groups is 1. The Morgan fingerprint density at radius 3 is 2.48 bits per heavy atom. The van der Waals surface area contributed by atoms with Gasteiger partial charge in [0.2, 0.25) is 12.3 Å². The van der Waals surface area contributed by atoms with E-state index in [-0.39, 0.29) is 34.5 Å². The Labute approximate surface area is 160 Å². The van der Waals surface area contributed by atoms with Gasteiger partial charge < -0.3 is 21.7 Å². The predicted octanol–water partition coefficient (Wildman–Crippen LogP) is -0.970. The molecule has 6 nitrogen and oxygen atoms in total. The Morgan fingerprint density at radius 1 is 1.24 bits per heavy atom. The largest absolute Gasteiger partial charge is 1.00 e. The lowest BCUT2D eigenvalue weighted by Crippen LogP contribution is -3.00. The first kappa shape index (κ1) is 19.1. The fourth-order valence-corrected chi connectivity index (χ4v) is 2.86. The molecule has 0 bridgehead atoms. The highest BCUT2D eigenvalue weighted by Crippen LogP contribution is 2.13. The number of thioether (sulfide) groups is 1. The summed E-state index contributed by atoms with van der Waals surface area (Å²) in [5.41, 5.74) is 4.83. The number of ketones is 1. The Hall–Kier alpha value is -2.19. The number of amides is 1. The Morgan fingerprint density at radius 2 is 1.92 bits per heavy atom. The SMILES string of the molecule is COc1ccc(C(=O)C[n+]2ccc(C3=NNC(=O)SC3)cc2)cc1.[Br-]. The van der Waals surface area contributed by atoms with Crippen molar-refractivity contribution in [3.8, 4) is 5.75 Å². The molecule has 0 radical (unpaired) electrons. The van der Waals surface area contributed by atoms with Gasteiger partial charge >= 0.3 is 0 Å². The summed E-state index contributed by atoms with van der Waals surface area (Å²) in [7, 11) is 1.59. The van der Waals surface area contributed by atoms with Gasteiger partial charge in [-0.2, -0.15) is 9.67 Å². The lowest BCUT2D eigenvalue weighted by molar-refractivity contribution is -0.683. The summed E-state index contributed by atoms with van der Waals surface area (Å²) in [6.45, 7) is 0.255. The van der Waals surface area contributed by atoms with Crippen LogP contribution in [0.25, 0.3) is 0 Å². The van der Waals surface area contributed by atoms with Gasteiger partial charge in [0.25, 0.3) is 5.24 Å². The predicted molar refractivity (Wildman–Crippen MR) is 91.5 cm³/mol. The van der Waals surface area contributed by atoms with Gasteiger partial charge in [0, 0.05) is 29.0 Å². The van der Waals surface area contributed by atoms with Gasteiger partial charge in [-0.1, -0.05) is 11.8 Å². The zero-order valence-corrected chi connectivity index (χ0v) is 15.8. The molecular weight excluding hydrogens is 406 g/mol. The van der Waals surface area contributed by atoms with Crippen LogP contribution in [0.5, 0.6) is 5.75 Å². The van der Waals surface area contributed by atoms with E-state index in [0.717, 1.165) is 17.0 Å². The van der Waals surface area contributed by atoms with Gasteiger partial charge in [-0.15, -0.1) is 0 Å². The summed E-state index contributed by atoms with van der Waals surface area (Å²) in [6, 6.07) is 10.8. The summed E-state index contributed by atoms with van der Waals surface area (Å²) >= 11 is 1.18. The maximum Gasteiger partial charge on any atom is 0.299 e. The smallest absolute Gasteiger partial charge is 0.299 e. The van der Waals surface area contributed by atoms with E-state index in [9.17, 15) is 9.59 Å².